The van der Waals surface area contributed by atoms with Crippen LogP contribution in [0, 0.1) is 0 Å². The molecule has 0 fully saturated rings. The van der Waals surface area contributed by atoms with E-state index in [0.717, 1.165) is 0 Å². The van der Waals surface area contributed by atoms with Gasteiger partial charge in [0, 0.05) is 12.0 Å². The second-order valence-corrected chi connectivity index (χ2v) is 5.27. The Labute approximate surface area is 134 Å². The summed E-state index contributed by atoms with van der Waals surface area (Å²) in [6.45, 7) is 2.83. The number of amides is 1. The third-order valence-corrected chi connectivity index (χ3v) is 3.34. The maximum absolute atomic E-state index is 12.5. The van der Waals surface area contributed by atoms with Gasteiger partial charge in [-0.1, -0.05) is 30.3 Å². The standard InChI is InChI=1S/C18H17NO4/c1-12(20)10-14-6-5-7-15(11-14)19(23)18(22)17-9-4-3-8-16(17)13(2)21/h3-9,11,23H,10H2,1-2H3. The fourth-order valence-corrected chi connectivity index (χ4v) is 2.29. The lowest BCUT2D eigenvalue weighted by Crippen LogP contribution is -2.28. The highest BCUT2D eigenvalue weighted by Gasteiger charge is 2.20. The Morgan fingerprint density at radius 3 is 2.22 bits per heavy atom. The minimum absolute atomic E-state index is 0.0140. The molecule has 1 amide bonds. The number of Topliss-reactive ketones (excluding diaryl/α,β-unsaturated/α-hetero) is 2. The number of carbonyl (C=O) groups excluding carboxylic acids is 3. The summed E-state index contributed by atoms with van der Waals surface area (Å²) in [5, 5.41) is 10.7. The van der Waals surface area contributed by atoms with E-state index in [4.69, 9.17) is 0 Å². The average molecular weight is 311 g/mol. The van der Waals surface area contributed by atoms with Crippen LogP contribution in [0.1, 0.15) is 40.1 Å². The maximum Gasteiger partial charge on any atom is 0.282 e. The van der Waals surface area contributed by atoms with Crippen LogP contribution < -0.4 is 5.06 Å². The largest absolute Gasteiger partial charge is 0.300 e. The van der Waals surface area contributed by atoms with E-state index in [1.165, 1.54) is 26.0 Å². The van der Waals surface area contributed by atoms with Crippen molar-refractivity contribution in [2.75, 3.05) is 5.06 Å². The molecule has 0 heterocycles. The lowest BCUT2D eigenvalue weighted by molar-refractivity contribution is -0.116. The van der Waals surface area contributed by atoms with Crippen molar-refractivity contribution in [1.29, 1.82) is 0 Å². The smallest absolute Gasteiger partial charge is 0.282 e. The first kappa shape index (κ1) is 16.6. The van der Waals surface area contributed by atoms with Crippen LogP contribution >= 0.6 is 0 Å². The molecule has 0 unspecified atom stereocenters. The summed E-state index contributed by atoms with van der Waals surface area (Å²) >= 11 is 0. The Bertz CT molecular complexity index is 767. The van der Waals surface area contributed by atoms with Crippen LogP contribution in [0.15, 0.2) is 48.5 Å². The van der Waals surface area contributed by atoms with Crippen LogP contribution in [-0.4, -0.2) is 22.7 Å². The highest BCUT2D eigenvalue weighted by molar-refractivity contribution is 6.12. The van der Waals surface area contributed by atoms with Gasteiger partial charge in [0.15, 0.2) is 5.78 Å². The van der Waals surface area contributed by atoms with Gasteiger partial charge in [0.05, 0.1) is 11.3 Å². The third-order valence-electron chi connectivity index (χ3n) is 3.34. The molecule has 0 aliphatic rings. The van der Waals surface area contributed by atoms with Crippen molar-refractivity contribution in [2.45, 2.75) is 20.3 Å². The number of carbonyl (C=O) groups is 3. The second-order valence-electron chi connectivity index (χ2n) is 5.27. The number of hydrogen-bond acceptors (Lipinski definition) is 4. The lowest BCUT2D eigenvalue weighted by Gasteiger charge is -2.17. The molecule has 2 aromatic carbocycles. The number of nitrogens with zero attached hydrogens (tertiary/aromatic N) is 1. The van der Waals surface area contributed by atoms with Gasteiger partial charge in [-0.3, -0.25) is 19.6 Å². The number of anilines is 1. The molecule has 2 aromatic rings. The van der Waals surface area contributed by atoms with Crippen LogP contribution in [0.25, 0.3) is 0 Å². The zero-order chi connectivity index (χ0) is 17.0. The second kappa shape index (κ2) is 6.98. The van der Waals surface area contributed by atoms with Crippen LogP contribution in [-0.2, 0) is 11.2 Å². The zero-order valence-electron chi connectivity index (χ0n) is 12.9. The molecule has 5 heteroatoms. The van der Waals surface area contributed by atoms with Gasteiger partial charge < -0.3 is 0 Å². The molecule has 5 nitrogen and oxygen atoms in total. The number of rotatable bonds is 5. The van der Waals surface area contributed by atoms with E-state index >= 15 is 0 Å². The Kier molecular flexibility index (Phi) is 5.03. The van der Waals surface area contributed by atoms with Gasteiger partial charge in [-0.2, -0.15) is 5.06 Å². The normalized spacial score (nSPS) is 10.2. The molecule has 0 aliphatic carbocycles. The summed E-state index contributed by atoms with van der Waals surface area (Å²) in [5.74, 6) is -0.969. The van der Waals surface area contributed by atoms with Crippen LogP contribution in [0.4, 0.5) is 5.69 Å². The molecule has 0 saturated heterocycles. The average Bonchev–Trinajstić information content (AvgIpc) is 2.53. The van der Waals surface area contributed by atoms with Gasteiger partial charge >= 0.3 is 0 Å². The monoisotopic (exact) mass is 311 g/mol. The minimum atomic E-state index is -0.698. The summed E-state index contributed by atoms with van der Waals surface area (Å²) in [5.41, 5.74) is 1.31. The first-order chi connectivity index (χ1) is 10.9. The molecule has 0 aromatic heterocycles. The molecule has 0 radical (unpaired) electrons. The summed E-state index contributed by atoms with van der Waals surface area (Å²) in [7, 11) is 0. The van der Waals surface area contributed by atoms with Crippen molar-refractivity contribution >= 4 is 23.2 Å². The van der Waals surface area contributed by atoms with E-state index in [0.29, 0.717) is 10.6 Å². The number of benzene rings is 2. The number of hydroxylamine groups is 1. The summed E-state index contributed by atoms with van der Waals surface area (Å²) in [6.07, 6.45) is 0.222. The van der Waals surface area contributed by atoms with E-state index in [9.17, 15) is 19.6 Å². The van der Waals surface area contributed by atoms with E-state index in [2.05, 4.69) is 0 Å². The molecule has 0 saturated carbocycles. The first-order valence-electron chi connectivity index (χ1n) is 7.12. The fraction of sp³-hybridized carbons (Fsp3) is 0.167. The van der Waals surface area contributed by atoms with Crippen molar-refractivity contribution < 1.29 is 19.6 Å². The quantitative estimate of drug-likeness (QED) is 0.523. The van der Waals surface area contributed by atoms with Gasteiger partial charge in [0.2, 0.25) is 0 Å². The van der Waals surface area contributed by atoms with Crippen molar-refractivity contribution in [2.24, 2.45) is 0 Å². The summed E-state index contributed by atoms with van der Waals surface area (Å²) < 4.78 is 0. The van der Waals surface area contributed by atoms with Gasteiger partial charge in [-0.15, -0.1) is 0 Å². The highest BCUT2D eigenvalue weighted by Crippen LogP contribution is 2.19. The maximum atomic E-state index is 12.5. The molecule has 0 atom stereocenters. The molecule has 0 aliphatic heterocycles. The van der Waals surface area contributed by atoms with Crippen molar-refractivity contribution in [3.05, 3.63) is 65.2 Å². The third kappa shape index (κ3) is 3.90. The Morgan fingerprint density at radius 2 is 1.61 bits per heavy atom. The minimum Gasteiger partial charge on any atom is -0.300 e. The molecule has 23 heavy (non-hydrogen) atoms. The van der Waals surface area contributed by atoms with Crippen LogP contribution in [0.5, 0.6) is 0 Å². The lowest BCUT2D eigenvalue weighted by atomic mass is 10.0. The molecular weight excluding hydrogens is 294 g/mol. The number of hydrogen-bond donors (Lipinski definition) is 1. The molecule has 1 N–H and O–H groups in total. The zero-order valence-corrected chi connectivity index (χ0v) is 12.9. The molecule has 0 spiro atoms. The van der Waals surface area contributed by atoms with Gasteiger partial charge in [0.1, 0.15) is 5.78 Å². The van der Waals surface area contributed by atoms with E-state index in [1.807, 2.05) is 0 Å². The van der Waals surface area contributed by atoms with E-state index in [-0.39, 0.29) is 34.8 Å². The summed E-state index contributed by atoms with van der Waals surface area (Å²) in [4.78, 5) is 35.3. The Morgan fingerprint density at radius 1 is 0.957 bits per heavy atom. The van der Waals surface area contributed by atoms with Gasteiger partial charge in [-0.25, -0.2) is 0 Å². The van der Waals surface area contributed by atoms with E-state index in [1.54, 1.807) is 36.4 Å². The van der Waals surface area contributed by atoms with Crippen molar-refractivity contribution in [3.63, 3.8) is 0 Å². The first-order valence-corrected chi connectivity index (χ1v) is 7.12. The van der Waals surface area contributed by atoms with Crippen molar-refractivity contribution in [3.8, 4) is 0 Å². The fourth-order valence-electron chi connectivity index (χ4n) is 2.29. The van der Waals surface area contributed by atoms with Gasteiger partial charge in [0.25, 0.3) is 5.91 Å². The number of ketones is 2. The molecule has 118 valence electrons. The van der Waals surface area contributed by atoms with Gasteiger partial charge in [-0.05, 0) is 37.6 Å². The topological polar surface area (TPSA) is 74.7 Å². The summed E-state index contributed by atoms with van der Waals surface area (Å²) in [6, 6.07) is 12.8. The highest BCUT2D eigenvalue weighted by atomic mass is 16.5. The predicted octanol–water partition coefficient (Wildman–Crippen LogP) is 3.06. The van der Waals surface area contributed by atoms with Crippen LogP contribution in [0.2, 0.25) is 0 Å². The van der Waals surface area contributed by atoms with Crippen molar-refractivity contribution in [1.82, 2.24) is 0 Å². The molecular formula is C18H17NO4. The SMILES string of the molecule is CC(=O)Cc1cccc(N(O)C(=O)c2ccccc2C(C)=O)c1. The van der Waals surface area contributed by atoms with E-state index < -0.39 is 5.91 Å². The molecule has 2 rings (SSSR count). The molecule has 0 bridgehead atoms. The Hall–Kier alpha value is -2.79. The van der Waals surface area contributed by atoms with Crippen LogP contribution in [0.3, 0.4) is 0 Å². The predicted molar refractivity (Wildman–Crippen MR) is 85.9 cm³/mol. The Balaban J connectivity index is 2.34.